The maximum atomic E-state index is 11.5. The minimum Gasteiger partial charge on any atom is -0.478 e. The molecule has 1 saturated heterocycles. The van der Waals surface area contributed by atoms with E-state index in [0.717, 1.165) is 11.1 Å². The number of aromatic carboxylic acids is 1. The summed E-state index contributed by atoms with van der Waals surface area (Å²) in [5, 5.41) is 9.44. The Labute approximate surface area is 120 Å². The highest BCUT2D eigenvalue weighted by Gasteiger charge is 2.46. The second-order valence-corrected chi connectivity index (χ2v) is 6.75. The Balaban J connectivity index is 1.77. The third kappa shape index (κ3) is 2.24. The molecule has 1 aromatic carbocycles. The number of rotatable bonds is 2. The zero-order valence-electron chi connectivity index (χ0n) is 12.4. The van der Waals surface area contributed by atoms with Gasteiger partial charge in [0, 0.05) is 0 Å². The lowest BCUT2D eigenvalue weighted by Gasteiger charge is -2.52. The van der Waals surface area contributed by atoms with Gasteiger partial charge in [0.2, 0.25) is 0 Å². The van der Waals surface area contributed by atoms with Crippen molar-refractivity contribution in [1.29, 1.82) is 0 Å². The van der Waals surface area contributed by atoms with E-state index in [2.05, 4.69) is 11.9 Å². The maximum absolute atomic E-state index is 11.5. The molecule has 1 aromatic rings. The van der Waals surface area contributed by atoms with Crippen LogP contribution in [0.15, 0.2) is 18.2 Å². The van der Waals surface area contributed by atoms with Gasteiger partial charge in [-0.3, -0.25) is 0 Å². The van der Waals surface area contributed by atoms with E-state index in [1.807, 2.05) is 25.1 Å². The molecule has 1 spiro atoms. The van der Waals surface area contributed by atoms with Crippen LogP contribution in [0, 0.1) is 12.3 Å². The summed E-state index contributed by atoms with van der Waals surface area (Å²) >= 11 is 0. The van der Waals surface area contributed by atoms with E-state index < -0.39 is 5.97 Å². The number of hydrogen-bond donors (Lipinski definition) is 1. The Hall–Kier alpha value is -1.35. The molecule has 20 heavy (non-hydrogen) atoms. The Bertz CT molecular complexity index is 522. The minimum absolute atomic E-state index is 0.449. The molecule has 3 nitrogen and oxygen atoms in total. The first kappa shape index (κ1) is 13.6. The molecular weight excluding hydrogens is 250 g/mol. The summed E-state index contributed by atoms with van der Waals surface area (Å²) in [6.45, 7) is 4.27. The number of carboxylic acids is 1. The molecule has 108 valence electrons. The van der Waals surface area contributed by atoms with Gasteiger partial charge in [0.1, 0.15) is 0 Å². The monoisotopic (exact) mass is 273 g/mol. The lowest BCUT2D eigenvalue weighted by Crippen LogP contribution is -2.45. The summed E-state index contributed by atoms with van der Waals surface area (Å²) in [4.78, 5) is 13.9. The summed E-state index contributed by atoms with van der Waals surface area (Å²) < 4.78 is 0. The molecule has 1 aliphatic heterocycles. The van der Waals surface area contributed by atoms with Crippen molar-refractivity contribution in [2.45, 2.75) is 38.5 Å². The van der Waals surface area contributed by atoms with Gasteiger partial charge in [-0.15, -0.1) is 0 Å². The molecule has 3 heteroatoms. The summed E-state index contributed by atoms with van der Waals surface area (Å²) in [6.07, 6.45) is 4.89. The summed E-state index contributed by atoms with van der Waals surface area (Å²) in [7, 11) is 2.19. The Kier molecular flexibility index (Phi) is 3.33. The molecule has 0 aromatic heterocycles. The van der Waals surface area contributed by atoms with Gasteiger partial charge in [-0.1, -0.05) is 18.2 Å². The van der Waals surface area contributed by atoms with Gasteiger partial charge in [0.05, 0.1) is 5.56 Å². The third-order valence-electron chi connectivity index (χ3n) is 5.37. The zero-order valence-corrected chi connectivity index (χ0v) is 12.4. The van der Waals surface area contributed by atoms with Gasteiger partial charge in [0.15, 0.2) is 0 Å². The van der Waals surface area contributed by atoms with Crippen LogP contribution in [0.4, 0.5) is 0 Å². The molecule has 0 bridgehead atoms. The average Bonchev–Trinajstić information content (AvgIpc) is 2.36. The van der Waals surface area contributed by atoms with Gasteiger partial charge in [-0.25, -0.2) is 4.79 Å². The van der Waals surface area contributed by atoms with Crippen molar-refractivity contribution < 1.29 is 9.90 Å². The number of nitrogens with zero attached hydrogens (tertiary/aromatic N) is 1. The maximum Gasteiger partial charge on any atom is 0.336 e. The molecule has 1 N–H and O–H groups in total. The molecule has 2 aliphatic rings. The summed E-state index contributed by atoms with van der Waals surface area (Å²) in [5.41, 5.74) is 2.98. The molecule has 1 aliphatic carbocycles. The second-order valence-electron chi connectivity index (χ2n) is 6.75. The van der Waals surface area contributed by atoms with Gasteiger partial charge in [-0.2, -0.15) is 0 Å². The van der Waals surface area contributed by atoms with Crippen LogP contribution in [0.2, 0.25) is 0 Å². The molecule has 0 atom stereocenters. The van der Waals surface area contributed by atoms with Crippen molar-refractivity contribution in [3.05, 3.63) is 34.9 Å². The van der Waals surface area contributed by atoms with Crippen LogP contribution in [-0.2, 0) is 0 Å². The van der Waals surface area contributed by atoms with E-state index in [1.54, 1.807) is 0 Å². The first-order valence-electron chi connectivity index (χ1n) is 7.52. The van der Waals surface area contributed by atoms with Crippen LogP contribution < -0.4 is 0 Å². The predicted molar refractivity (Wildman–Crippen MR) is 79.3 cm³/mol. The van der Waals surface area contributed by atoms with Crippen molar-refractivity contribution in [2.75, 3.05) is 20.1 Å². The number of likely N-dealkylation sites (tertiary alicyclic amines) is 1. The fourth-order valence-corrected chi connectivity index (χ4v) is 4.03. The fourth-order valence-electron chi connectivity index (χ4n) is 4.03. The van der Waals surface area contributed by atoms with Crippen LogP contribution in [0.3, 0.4) is 0 Å². The normalized spacial score (nSPS) is 22.7. The summed E-state index contributed by atoms with van der Waals surface area (Å²) in [5.74, 6) is -0.327. The van der Waals surface area contributed by atoms with Gasteiger partial charge < -0.3 is 10.0 Å². The van der Waals surface area contributed by atoms with Crippen molar-refractivity contribution in [3.63, 3.8) is 0 Å². The van der Waals surface area contributed by atoms with Gasteiger partial charge >= 0.3 is 5.97 Å². The number of carboxylic acid groups (broad SMARTS) is 1. The van der Waals surface area contributed by atoms with Crippen molar-refractivity contribution in [2.24, 2.45) is 5.41 Å². The van der Waals surface area contributed by atoms with E-state index in [4.69, 9.17) is 0 Å². The highest BCUT2D eigenvalue weighted by atomic mass is 16.4. The van der Waals surface area contributed by atoms with Crippen LogP contribution in [0.1, 0.15) is 53.1 Å². The SMILES string of the molecule is Cc1cccc(C2CC3(CCN(C)CC3)C2)c1C(=O)O. The predicted octanol–water partition coefficient (Wildman–Crippen LogP) is 3.28. The number of hydrogen-bond acceptors (Lipinski definition) is 2. The number of piperidine rings is 1. The van der Waals surface area contributed by atoms with Crippen LogP contribution in [-0.4, -0.2) is 36.1 Å². The van der Waals surface area contributed by atoms with Crippen molar-refractivity contribution in [3.8, 4) is 0 Å². The van der Waals surface area contributed by atoms with E-state index in [0.29, 0.717) is 16.9 Å². The molecule has 3 rings (SSSR count). The molecule has 1 saturated carbocycles. The van der Waals surface area contributed by atoms with Crippen molar-refractivity contribution in [1.82, 2.24) is 4.90 Å². The minimum atomic E-state index is -0.776. The average molecular weight is 273 g/mol. The first-order chi connectivity index (χ1) is 9.51. The van der Waals surface area contributed by atoms with Crippen LogP contribution in [0.25, 0.3) is 0 Å². The lowest BCUT2D eigenvalue weighted by molar-refractivity contribution is 0.0232. The summed E-state index contributed by atoms with van der Waals surface area (Å²) in [6, 6.07) is 5.91. The highest BCUT2D eigenvalue weighted by Crippen LogP contribution is 2.57. The number of benzene rings is 1. The van der Waals surface area contributed by atoms with Crippen LogP contribution >= 0.6 is 0 Å². The Morgan fingerprint density at radius 2 is 1.95 bits per heavy atom. The smallest absolute Gasteiger partial charge is 0.336 e. The van der Waals surface area contributed by atoms with E-state index in [9.17, 15) is 9.90 Å². The Morgan fingerprint density at radius 1 is 1.30 bits per heavy atom. The standard InChI is InChI=1S/C17H23NO2/c1-12-4-3-5-14(15(12)16(19)20)13-10-17(11-13)6-8-18(2)9-7-17/h3-5,13H,6-11H2,1-2H3,(H,19,20). The lowest BCUT2D eigenvalue weighted by atomic mass is 9.55. The Morgan fingerprint density at radius 3 is 2.55 bits per heavy atom. The van der Waals surface area contributed by atoms with Gasteiger partial charge in [0.25, 0.3) is 0 Å². The quantitative estimate of drug-likeness (QED) is 0.899. The van der Waals surface area contributed by atoms with E-state index in [1.165, 1.54) is 38.8 Å². The zero-order chi connectivity index (χ0) is 14.3. The largest absolute Gasteiger partial charge is 0.478 e. The molecular formula is C17H23NO2. The highest BCUT2D eigenvalue weighted by molar-refractivity contribution is 5.91. The molecule has 2 fully saturated rings. The van der Waals surface area contributed by atoms with Crippen LogP contribution in [0.5, 0.6) is 0 Å². The van der Waals surface area contributed by atoms with E-state index in [-0.39, 0.29) is 0 Å². The van der Waals surface area contributed by atoms with Crippen molar-refractivity contribution >= 4 is 5.97 Å². The van der Waals surface area contributed by atoms with E-state index >= 15 is 0 Å². The second kappa shape index (κ2) is 4.88. The molecule has 0 amide bonds. The molecule has 1 heterocycles. The topological polar surface area (TPSA) is 40.5 Å². The first-order valence-corrected chi connectivity index (χ1v) is 7.52. The fraction of sp³-hybridized carbons (Fsp3) is 0.588. The number of aryl methyl sites for hydroxylation is 1. The number of carbonyl (C=O) groups is 1. The molecule has 0 radical (unpaired) electrons. The van der Waals surface area contributed by atoms with Gasteiger partial charge in [-0.05, 0) is 75.2 Å². The molecule has 0 unspecified atom stereocenters. The third-order valence-corrected chi connectivity index (χ3v) is 5.37.